The Morgan fingerprint density at radius 1 is 1.10 bits per heavy atom. The highest BCUT2D eigenvalue weighted by molar-refractivity contribution is 5.81. The van der Waals surface area contributed by atoms with Crippen molar-refractivity contribution in [3.63, 3.8) is 0 Å². The molecule has 0 aromatic heterocycles. The van der Waals surface area contributed by atoms with Crippen molar-refractivity contribution in [2.45, 2.75) is 39.2 Å². The fraction of sp³-hybridized carbons (Fsp3) is 0.571. The van der Waals surface area contributed by atoms with Gasteiger partial charge in [0.1, 0.15) is 18.0 Å². The molecule has 0 bridgehead atoms. The van der Waals surface area contributed by atoms with E-state index in [1.165, 1.54) is 0 Å². The number of hydrogen-bond acceptors (Lipinski definition) is 6. The number of nitrogens with one attached hydrogen (secondary N) is 1. The lowest BCUT2D eigenvalue weighted by Crippen LogP contribution is -2.43. The summed E-state index contributed by atoms with van der Waals surface area (Å²) < 4.78 is 15.9. The number of nitrogens with zero attached hydrogens (tertiary/aromatic N) is 1. The van der Waals surface area contributed by atoms with Crippen molar-refractivity contribution in [1.29, 1.82) is 0 Å². The van der Waals surface area contributed by atoms with Crippen molar-refractivity contribution in [2.24, 2.45) is 5.92 Å². The molecule has 8 heteroatoms. The number of carbonyl (C=O) groups excluding carboxylic acids is 3. The fourth-order valence-electron chi connectivity index (χ4n) is 2.81. The number of amides is 2. The third kappa shape index (κ3) is 8.41. The van der Waals surface area contributed by atoms with E-state index in [0.29, 0.717) is 39.1 Å². The van der Waals surface area contributed by atoms with Crippen LogP contribution in [0.2, 0.25) is 0 Å². The minimum Gasteiger partial charge on any atom is -0.492 e. The van der Waals surface area contributed by atoms with Crippen LogP contribution in [0.15, 0.2) is 30.3 Å². The maximum Gasteiger partial charge on any atom is 0.410 e. The van der Waals surface area contributed by atoms with Crippen molar-refractivity contribution in [3.05, 3.63) is 30.3 Å². The molecule has 1 heterocycles. The SMILES string of the molecule is CC(C)(C)OC(=O)N1CCC(C(=O)OCC(=O)NCCOc2ccccc2)CC1. The van der Waals surface area contributed by atoms with E-state index in [0.717, 1.165) is 5.75 Å². The summed E-state index contributed by atoms with van der Waals surface area (Å²) in [5.74, 6) is -0.375. The van der Waals surface area contributed by atoms with Crippen molar-refractivity contribution < 1.29 is 28.6 Å². The molecular formula is C21H30N2O6. The number of hydrogen-bond donors (Lipinski definition) is 1. The van der Waals surface area contributed by atoms with Crippen LogP contribution in [0.4, 0.5) is 4.79 Å². The molecule has 0 radical (unpaired) electrons. The molecule has 0 spiro atoms. The molecule has 2 amide bonds. The van der Waals surface area contributed by atoms with Crippen LogP contribution in [0.1, 0.15) is 33.6 Å². The zero-order valence-electron chi connectivity index (χ0n) is 17.3. The van der Waals surface area contributed by atoms with Gasteiger partial charge in [0.15, 0.2) is 6.61 Å². The average molecular weight is 406 g/mol. The van der Waals surface area contributed by atoms with Gasteiger partial charge in [-0.15, -0.1) is 0 Å². The van der Waals surface area contributed by atoms with E-state index in [2.05, 4.69) is 5.32 Å². The van der Waals surface area contributed by atoms with Crippen LogP contribution in [-0.4, -0.2) is 61.3 Å². The van der Waals surface area contributed by atoms with Crippen molar-refractivity contribution in [2.75, 3.05) is 32.8 Å². The number of para-hydroxylation sites is 1. The quantitative estimate of drug-likeness (QED) is 0.552. The Hall–Kier alpha value is -2.77. The summed E-state index contributed by atoms with van der Waals surface area (Å²) in [7, 11) is 0. The van der Waals surface area contributed by atoms with Gasteiger partial charge in [0.05, 0.1) is 12.5 Å². The van der Waals surface area contributed by atoms with E-state index in [1.54, 1.807) is 4.90 Å². The summed E-state index contributed by atoms with van der Waals surface area (Å²) in [6.45, 7) is 6.62. The molecule has 1 aromatic carbocycles. The van der Waals surface area contributed by atoms with Crippen LogP contribution in [0.3, 0.4) is 0 Å². The Bertz CT molecular complexity index is 678. The van der Waals surface area contributed by atoms with Gasteiger partial charge < -0.3 is 24.4 Å². The number of carbonyl (C=O) groups is 3. The average Bonchev–Trinajstić information content (AvgIpc) is 2.69. The fourth-order valence-corrected chi connectivity index (χ4v) is 2.81. The Morgan fingerprint density at radius 2 is 1.76 bits per heavy atom. The molecule has 8 nitrogen and oxygen atoms in total. The lowest BCUT2D eigenvalue weighted by molar-refractivity contribution is -0.154. The standard InChI is InChI=1S/C21H30N2O6/c1-21(2,3)29-20(26)23-12-9-16(10-13-23)19(25)28-15-18(24)22-11-14-27-17-7-5-4-6-8-17/h4-8,16H,9-15H2,1-3H3,(H,22,24). The monoisotopic (exact) mass is 406 g/mol. The molecule has 0 saturated carbocycles. The maximum absolute atomic E-state index is 12.2. The minimum atomic E-state index is -0.549. The Balaban J connectivity index is 1.59. The molecule has 1 aliphatic heterocycles. The topological polar surface area (TPSA) is 94.2 Å². The highest BCUT2D eigenvalue weighted by Gasteiger charge is 2.30. The van der Waals surface area contributed by atoms with E-state index in [1.807, 2.05) is 51.1 Å². The van der Waals surface area contributed by atoms with Crippen molar-refractivity contribution >= 4 is 18.0 Å². The summed E-state index contributed by atoms with van der Waals surface area (Å²) in [6.07, 6.45) is 0.608. The zero-order valence-corrected chi connectivity index (χ0v) is 17.3. The van der Waals surface area contributed by atoms with Gasteiger partial charge in [-0.05, 0) is 45.7 Å². The molecule has 1 aromatic rings. The summed E-state index contributed by atoms with van der Waals surface area (Å²) in [4.78, 5) is 37.6. The molecule has 160 valence electrons. The van der Waals surface area contributed by atoms with E-state index >= 15 is 0 Å². The summed E-state index contributed by atoms with van der Waals surface area (Å²) in [6, 6.07) is 9.29. The van der Waals surface area contributed by atoms with Gasteiger partial charge in [0.2, 0.25) is 0 Å². The second kappa shape index (κ2) is 10.7. The van der Waals surface area contributed by atoms with E-state index < -0.39 is 11.6 Å². The van der Waals surface area contributed by atoms with Gasteiger partial charge in [0, 0.05) is 13.1 Å². The first kappa shape index (κ1) is 22.5. The van der Waals surface area contributed by atoms with Crippen LogP contribution < -0.4 is 10.1 Å². The number of rotatable bonds is 7. The summed E-state index contributed by atoms with van der Waals surface area (Å²) in [5, 5.41) is 2.64. The molecular weight excluding hydrogens is 376 g/mol. The zero-order chi connectivity index (χ0) is 21.3. The van der Waals surface area contributed by atoms with E-state index in [-0.39, 0.29) is 24.5 Å². The number of ether oxygens (including phenoxy) is 3. The lowest BCUT2D eigenvalue weighted by Gasteiger charge is -2.32. The number of benzene rings is 1. The van der Waals surface area contributed by atoms with E-state index in [9.17, 15) is 14.4 Å². The molecule has 2 rings (SSSR count). The highest BCUT2D eigenvalue weighted by Crippen LogP contribution is 2.20. The Morgan fingerprint density at radius 3 is 2.38 bits per heavy atom. The summed E-state index contributed by atoms with van der Waals surface area (Å²) >= 11 is 0. The predicted molar refractivity (Wildman–Crippen MR) is 106 cm³/mol. The van der Waals surface area contributed by atoms with E-state index in [4.69, 9.17) is 14.2 Å². The lowest BCUT2D eigenvalue weighted by atomic mass is 9.97. The number of esters is 1. The van der Waals surface area contributed by atoms with Crippen LogP contribution in [0.25, 0.3) is 0 Å². The normalized spacial score (nSPS) is 14.8. The first-order valence-corrected chi connectivity index (χ1v) is 9.84. The molecule has 0 atom stereocenters. The first-order chi connectivity index (χ1) is 13.7. The predicted octanol–water partition coefficient (Wildman–Crippen LogP) is 2.37. The van der Waals surface area contributed by atoms with Crippen molar-refractivity contribution in [1.82, 2.24) is 10.2 Å². The van der Waals surface area contributed by atoms with Gasteiger partial charge >= 0.3 is 12.1 Å². The van der Waals surface area contributed by atoms with Crippen LogP contribution in [0.5, 0.6) is 5.75 Å². The minimum absolute atomic E-state index is 0.317. The van der Waals surface area contributed by atoms with Gasteiger partial charge in [-0.25, -0.2) is 4.79 Å². The molecule has 0 unspecified atom stereocenters. The van der Waals surface area contributed by atoms with Gasteiger partial charge in [0.25, 0.3) is 5.91 Å². The molecule has 1 N–H and O–H groups in total. The largest absolute Gasteiger partial charge is 0.492 e. The number of piperidine rings is 1. The molecule has 1 aliphatic rings. The second-order valence-electron chi connectivity index (χ2n) is 7.86. The molecule has 1 saturated heterocycles. The van der Waals surface area contributed by atoms with Crippen LogP contribution in [0, 0.1) is 5.92 Å². The van der Waals surface area contributed by atoms with Crippen molar-refractivity contribution in [3.8, 4) is 5.75 Å². The maximum atomic E-state index is 12.2. The molecule has 29 heavy (non-hydrogen) atoms. The van der Waals surface area contributed by atoms with Gasteiger partial charge in [-0.3, -0.25) is 9.59 Å². The first-order valence-electron chi connectivity index (χ1n) is 9.84. The second-order valence-corrected chi connectivity index (χ2v) is 7.86. The smallest absolute Gasteiger partial charge is 0.410 e. The molecule has 1 fully saturated rings. The van der Waals surface area contributed by atoms with Crippen LogP contribution in [-0.2, 0) is 19.1 Å². The number of likely N-dealkylation sites (tertiary alicyclic amines) is 1. The Kier molecular flexibility index (Phi) is 8.30. The Labute approximate surface area is 171 Å². The summed E-state index contributed by atoms with van der Waals surface area (Å²) in [5.41, 5.74) is -0.549. The third-order valence-electron chi connectivity index (χ3n) is 4.26. The van der Waals surface area contributed by atoms with Gasteiger partial charge in [-0.1, -0.05) is 18.2 Å². The van der Waals surface area contributed by atoms with Crippen LogP contribution >= 0.6 is 0 Å². The highest BCUT2D eigenvalue weighted by atomic mass is 16.6. The third-order valence-corrected chi connectivity index (χ3v) is 4.26. The van der Waals surface area contributed by atoms with Gasteiger partial charge in [-0.2, -0.15) is 0 Å². The molecule has 0 aliphatic carbocycles.